The smallest absolute Gasteiger partial charge is 0.407 e. The number of alkyl carbamates (subject to hydrolysis) is 1. The largest absolute Gasteiger partial charge is 0.481 e. The third-order valence-electron chi connectivity index (χ3n) is 6.92. The van der Waals surface area contributed by atoms with Gasteiger partial charge in [-0.05, 0) is 53.4 Å². The minimum Gasteiger partial charge on any atom is -0.481 e. The van der Waals surface area contributed by atoms with E-state index in [1.807, 2.05) is 31.2 Å². The van der Waals surface area contributed by atoms with Crippen LogP contribution >= 0.6 is 0 Å². The molecule has 3 atom stereocenters. The first-order chi connectivity index (χ1) is 16.4. The molecule has 0 bridgehead atoms. The van der Waals surface area contributed by atoms with Gasteiger partial charge in [-0.3, -0.25) is 9.59 Å². The number of nitrogens with one attached hydrogen (secondary N) is 2. The second-order valence-electron chi connectivity index (χ2n) is 9.43. The van der Waals surface area contributed by atoms with Gasteiger partial charge in [-0.2, -0.15) is 0 Å². The van der Waals surface area contributed by atoms with E-state index in [-0.39, 0.29) is 29.6 Å². The summed E-state index contributed by atoms with van der Waals surface area (Å²) in [6, 6.07) is 16.5. The number of hydrogen-bond acceptors (Lipinski definition) is 4. The molecule has 2 aromatic carbocycles. The topological polar surface area (TPSA) is 105 Å². The van der Waals surface area contributed by atoms with E-state index < -0.39 is 12.1 Å². The van der Waals surface area contributed by atoms with Crippen molar-refractivity contribution in [2.45, 2.75) is 38.5 Å². The molecule has 0 radical (unpaired) electrons. The summed E-state index contributed by atoms with van der Waals surface area (Å²) < 4.78 is 5.55. The van der Waals surface area contributed by atoms with Crippen molar-refractivity contribution < 1.29 is 24.2 Å². The van der Waals surface area contributed by atoms with E-state index in [0.29, 0.717) is 39.0 Å². The standard InChI is InChI=1S/C27H32N2O5/c1-17(10-11-25(30)29-15-18-14-23(18)26(31)32)12-13-28-27(33)34-16-24-21-8-4-2-6-19(21)20-7-3-5-9-22(20)24/h2-9,17-18,23-24H,10-16H2,1H3,(H,28,33)(H,29,30)(H,31,32). The molecular formula is C27H32N2O5. The number of carboxylic acids is 1. The Labute approximate surface area is 199 Å². The second-order valence-corrected chi connectivity index (χ2v) is 9.43. The normalized spacial score (nSPS) is 19.0. The van der Waals surface area contributed by atoms with E-state index in [2.05, 4.69) is 34.9 Å². The van der Waals surface area contributed by atoms with E-state index in [0.717, 1.165) is 6.42 Å². The van der Waals surface area contributed by atoms with Gasteiger partial charge in [0, 0.05) is 25.4 Å². The number of ether oxygens (including phenoxy) is 1. The zero-order valence-corrected chi connectivity index (χ0v) is 19.5. The fourth-order valence-electron chi connectivity index (χ4n) is 4.70. The molecule has 0 aliphatic heterocycles. The molecule has 0 spiro atoms. The minimum atomic E-state index is -0.781. The van der Waals surface area contributed by atoms with Crippen LogP contribution in [0.3, 0.4) is 0 Å². The fraction of sp³-hybridized carbons (Fsp3) is 0.444. The number of carboxylic acid groups (broad SMARTS) is 1. The fourth-order valence-corrected chi connectivity index (χ4v) is 4.70. The Morgan fingerprint density at radius 1 is 1.00 bits per heavy atom. The number of rotatable bonds is 11. The first-order valence-electron chi connectivity index (χ1n) is 12.0. The molecule has 1 fully saturated rings. The molecule has 7 heteroatoms. The van der Waals surface area contributed by atoms with Gasteiger partial charge in [-0.25, -0.2) is 4.79 Å². The van der Waals surface area contributed by atoms with Crippen LogP contribution in [-0.4, -0.2) is 42.8 Å². The highest BCUT2D eigenvalue weighted by molar-refractivity contribution is 5.79. The average molecular weight is 465 g/mol. The van der Waals surface area contributed by atoms with Crippen molar-refractivity contribution in [2.24, 2.45) is 17.8 Å². The predicted molar refractivity (Wildman–Crippen MR) is 128 cm³/mol. The van der Waals surface area contributed by atoms with E-state index in [1.54, 1.807) is 0 Å². The molecule has 1 saturated carbocycles. The number of amides is 2. The molecular weight excluding hydrogens is 432 g/mol. The summed E-state index contributed by atoms with van der Waals surface area (Å²) in [7, 11) is 0. The van der Waals surface area contributed by atoms with Gasteiger partial charge < -0.3 is 20.5 Å². The lowest BCUT2D eigenvalue weighted by Crippen LogP contribution is -2.28. The second kappa shape index (κ2) is 10.7. The Hall–Kier alpha value is -3.35. The maximum Gasteiger partial charge on any atom is 0.407 e. The summed E-state index contributed by atoms with van der Waals surface area (Å²) in [5, 5.41) is 14.5. The van der Waals surface area contributed by atoms with Gasteiger partial charge in [0.1, 0.15) is 6.61 Å². The summed E-state index contributed by atoms with van der Waals surface area (Å²) in [5.74, 6) is -0.753. The zero-order valence-electron chi connectivity index (χ0n) is 19.5. The van der Waals surface area contributed by atoms with Crippen LogP contribution in [0.5, 0.6) is 0 Å². The van der Waals surface area contributed by atoms with Crippen molar-refractivity contribution in [3.05, 3.63) is 59.7 Å². The number of hydrogen-bond donors (Lipinski definition) is 3. The number of carbonyl (C=O) groups excluding carboxylic acids is 2. The molecule has 2 amide bonds. The average Bonchev–Trinajstić information content (AvgIpc) is 3.56. The molecule has 34 heavy (non-hydrogen) atoms. The van der Waals surface area contributed by atoms with Gasteiger partial charge in [0.25, 0.3) is 0 Å². The highest BCUT2D eigenvalue weighted by Crippen LogP contribution is 2.44. The summed E-state index contributed by atoms with van der Waals surface area (Å²) in [4.78, 5) is 35.1. The van der Waals surface area contributed by atoms with Gasteiger partial charge in [-0.15, -0.1) is 0 Å². The SMILES string of the molecule is CC(CCNC(=O)OCC1c2ccccc2-c2ccccc21)CCC(=O)NCC1CC1C(=O)O. The Bertz CT molecular complexity index is 1010. The van der Waals surface area contributed by atoms with Crippen LogP contribution in [0.25, 0.3) is 11.1 Å². The van der Waals surface area contributed by atoms with Crippen LogP contribution in [0.1, 0.15) is 49.7 Å². The number of fused-ring (bicyclic) bond motifs is 3. The number of carbonyl (C=O) groups is 3. The summed E-state index contributed by atoms with van der Waals surface area (Å²) in [5.41, 5.74) is 4.76. The van der Waals surface area contributed by atoms with Gasteiger partial charge >= 0.3 is 12.1 Å². The molecule has 2 aliphatic rings. The maximum absolute atomic E-state index is 12.3. The molecule has 180 valence electrons. The third-order valence-corrected chi connectivity index (χ3v) is 6.92. The van der Waals surface area contributed by atoms with Crippen molar-refractivity contribution in [3.63, 3.8) is 0 Å². The third kappa shape index (κ3) is 5.76. The first kappa shape index (κ1) is 23.8. The minimum absolute atomic E-state index is 0.0389. The molecule has 0 aromatic heterocycles. The molecule has 7 nitrogen and oxygen atoms in total. The van der Waals surface area contributed by atoms with Gasteiger partial charge in [0.15, 0.2) is 0 Å². The van der Waals surface area contributed by atoms with Crippen LogP contribution in [-0.2, 0) is 14.3 Å². The summed E-state index contributed by atoms with van der Waals surface area (Å²) >= 11 is 0. The van der Waals surface area contributed by atoms with Gasteiger partial charge in [0.2, 0.25) is 5.91 Å². The molecule has 0 saturated heterocycles. The molecule has 0 heterocycles. The summed E-state index contributed by atoms with van der Waals surface area (Å²) in [6.07, 6.45) is 2.08. The van der Waals surface area contributed by atoms with Crippen molar-refractivity contribution in [1.82, 2.24) is 10.6 Å². The number of aliphatic carboxylic acids is 1. The first-order valence-corrected chi connectivity index (χ1v) is 12.0. The van der Waals surface area contributed by atoms with E-state index >= 15 is 0 Å². The van der Waals surface area contributed by atoms with E-state index in [1.165, 1.54) is 22.3 Å². The van der Waals surface area contributed by atoms with Crippen LogP contribution in [0.4, 0.5) is 4.79 Å². The Kier molecular flexibility index (Phi) is 7.50. The van der Waals surface area contributed by atoms with Gasteiger partial charge in [0.05, 0.1) is 5.92 Å². The van der Waals surface area contributed by atoms with Crippen molar-refractivity contribution in [2.75, 3.05) is 19.7 Å². The molecule has 2 aromatic rings. The molecule has 4 rings (SSSR count). The molecule has 3 unspecified atom stereocenters. The monoisotopic (exact) mass is 464 g/mol. The summed E-state index contributed by atoms with van der Waals surface area (Å²) in [6.45, 7) is 3.27. The quantitative estimate of drug-likeness (QED) is 0.463. The van der Waals surface area contributed by atoms with Crippen molar-refractivity contribution in [1.29, 1.82) is 0 Å². The maximum atomic E-state index is 12.3. The number of benzene rings is 2. The lowest BCUT2D eigenvalue weighted by atomic mass is 9.98. The van der Waals surface area contributed by atoms with Crippen LogP contribution in [0.2, 0.25) is 0 Å². The molecule has 2 aliphatic carbocycles. The van der Waals surface area contributed by atoms with E-state index in [4.69, 9.17) is 9.84 Å². The Balaban J connectivity index is 1.12. The van der Waals surface area contributed by atoms with Crippen molar-refractivity contribution >= 4 is 18.0 Å². The van der Waals surface area contributed by atoms with Crippen LogP contribution in [0, 0.1) is 17.8 Å². The Morgan fingerprint density at radius 3 is 2.26 bits per heavy atom. The van der Waals surface area contributed by atoms with Crippen LogP contribution in [0.15, 0.2) is 48.5 Å². The molecule has 3 N–H and O–H groups in total. The van der Waals surface area contributed by atoms with E-state index in [9.17, 15) is 14.4 Å². The lowest BCUT2D eigenvalue weighted by Gasteiger charge is -2.15. The van der Waals surface area contributed by atoms with Gasteiger partial charge in [-0.1, -0.05) is 55.5 Å². The Morgan fingerprint density at radius 2 is 1.65 bits per heavy atom. The lowest BCUT2D eigenvalue weighted by molar-refractivity contribution is -0.139. The highest BCUT2D eigenvalue weighted by Gasteiger charge is 2.42. The predicted octanol–water partition coefficient (Wildman–Crippen LogP) is 4.17. The van der Waals surface area contributed by atoms with Crippen molar-refractivity contribution in [3.8, 4) is 11.1 Å². The van der Waals surface area contributed by atoms with Crippen LogP contribution < -0.4 is 10.6 Å². The zero-order chi connectivity index (χ0) is 24.1. The highest BCUT2D eigenvalue weighted by atomic mass is 16.5.